The van der Waals surface area contributed by atoms with E-state index < -0.39 is 0 Å². The third-order valence-corrected chi connectivity index (χ3v) is 4.73. The summed E-state index contributed by atoms with van der Waals surface area (Å²) >= 11 is 0. The van der Waals surface area contributed by atoms with Crippen LogP contribution >= 0.6 is 0 Å². The van der Waals surface area contributed by atoms with E-state index in [4.69, 9.17) is 5.73 Å². The van der Waals surface area contributed by atoms with Crippen LogP contribution in [0.15, 0.2) is 48.8 Å². The van der Waals surface area contributed by atoms with Crippen LogP contribution in [0, 0.1) is 0 Å². The zero-order valence-corrected chi connectivity index (χ0v) is 15.1. The number of anilines is 2. The number of amides is 1. The Morgan fingerprint density at radius 2 is 1.81 bits per heavy atom. The summed E-state index contributed by atoms with van der Waals surface area (Å²) in [6.45, 7) is 5.39. The first-order valence-corrected chi connectivity index (χ1v) is 9.21. The summed E-state index contributed by atoms with van der Waals surface area (Å²) in [4.78, 5) is 20.8. The van der Waals surface area contributed by atoms with Gasteiger partial charge < -0.3 is 16.0 Å². The fourth-order valence-corrected chi connectivity index (χ4v) is 3.25. The predicted octanol–water partition coefficient (Wildman–Crippen LogP) is 1.73. The first-order valence-electron chi connectivity index (χ1n) is 9.21. The molecule has 1 aromatic heterocycles. The van der Waals surface area contributed by atoms with Gasteiger partial charge in [0.15, 0.2) is 0 Å². The van der Waals surface area contributed by atoms with Crippen LogP contribution in [0.1, 0.15) is 12.0 Å². The number of hydrogen-bond acceptors (Lipinski definition) is 5. The summed E-state index contributed by atoms with van der Waals surface area (Å²) in [5, 5.41) is 2.99. The molecule has 2 aromatic rings. The number of rotatable bonds is 7. The number of hydrogen-bond donors (Lipinski definition) is 2. The average Bonchev–Trinajstić information content (AvgIpc) is 2.68. The second-order valence-electron chi connectivity index (χ2n) is 6.54. The summed E-state index contributed by atoms with van der Waals surface area (Å²) < 4.78 is 0. The van der Waals surface area contributed by atoms with Crippen LogP contribution in [0.2, 0.25) is 0 Å². The maximum Gasteiger partial charge on any atom is 0.225 e. The van der Waals surface area contributed by atoms with E-state index in [-0.39, 0.29) is 5.91 Å². The van der Waals surface area contributed by atoms with E-state index in [2.05, 4.69) is 38.3 Å². The SMILES string of the molecule is NCCC(=O)Nc1ccccc1N1CCN(CCc2ccncc2)CC1. The lowest BCUT2D eigenvalue weighted by Gasteiger charge is -2.37. The summed E-state index contributed by atoms with van der Waals surface area (Å²) in [5.74, 6) is -0.0315. The van der Waals surface area contributed by atoms with Gasteiger partial charge in [0.2, 0.25) is 5.91 Å². The molecule has 26 heavy (non-hydrogen) atoms. The molecule has 1 saturated heterocycles. The highest BCUT2D eigenvalue weighted by molar-refractivity contribution is 5.94. The van der Waals surface area contributed by atoms with Crippen LogP contribution in [0.3, 0.4) is 0 Å². The van der Waals surface area contributed by atoms with E-state index in [1.165, 1.54) is 5.56 Å². The van der Waals surface area contributed by atoms with Crippen LogP contribution in [0.25, 0.3) is 0 Å². The number of aromatic nitrogens is 1. The topological polar surface area (TPSA) is 74.5 Å². The van der Waals surface area contributed by atoms with Gasteiger partial charge in [-0.2, -0.15) is 0 Å². The van der Waals surface area contributed by atoms with Gasteiger partial charge in [0.05, 0.1) is 11.4 Å². The molecule has 0 saturated carbocycles. The molecule has 0 atom stereocenters. The van der Waals surface area contributed by atoms with E-state index in [1.54, 1.807) is 0 Å². The molecule has 3 rings (SSSR count). The van der Waals surface area contributed by atoms with Gasteiger partial charge in [0.1, 0.15) is 0 Å². The lowest BCUT2D eigenvalue weighted by Crippen LogP contribution is -2.47. The molecule has 6 nitrogen and oxygen atoms in total. The van der Waals surface area contributed by atoms with Crippen molar-refractivity contribution >= 4 is 17.3 Å². The zero-order valence-electron chi connectivity index (χ0n) is 15.1. The average molecular weight is 353 g/mol. The lowest BCUT2D eigenvalue weighted by molar-refractivity contribution is -0.116. The van der Waals surface area contributed by atoms with Crippen LogP contribution in [-0.2, 0) is 11.2 Å². The maximum absolute atomic E-state index is 11.9. The van der Waals surface area contributed by atoms with Crippen molar-refractivity contribution in [3.05, 3.63) is 54.4 Å². The van der Waals surface area contributed by atoms with E-state index in [0.29, 0.717) is 13.0 Å². The van der Waals surface area contributed by atoms with E-state index in [0.717, 1.165) is 50.5 Å². The van der Waals surface area contributed by atoms with Crippen molar-refractivity contribution in [1.29, 1.82) is 0 Å². The highest BCUT2D eigenvalue weighted by atomic mass is 16.1. The van der Waals surface area contributed by atoms with Crippen molar-refractivity contribution in [3.8, 4) is 0 Å². The highest BCUT2D eigenvalue weighted by Gasteiger charge is 2.19. The number of nitrogens with two attached hydrogens (primary N) is 1. The summed E-state index contributed by atoms with van der Waals surface area (Å²) in [5.41, 5.74) is 8.76. The molecule has 2 heterocycles. The zero-order chi connectivity index (χ0) is 18.2. The highest BCUT2D eigenvalue weighted by Crippen LogP contribution is 2.26. The Hall–Kier alpha value is -2.44. The molecule has 1 aromatic carbocycles. The molecule has 138 valence electrons. The molecule has 0 aliphatic carbocycles. The monoisotopic (exact) mass is 353 g/mol. The molecule has 1 fully saturated rings. The van der Waals surface area contributed by atoms with Gasteiger partial charge in [-0.3, -0.25) is 14.7 Å². The van der Waals surface area contributed by atoms with Gasteiger partial charge in [0, 0.05) is 58.1 Å². The van der Waals surface area contributed by atoms with Crippen molar-refractivity contribution in [1.82, 2.24) is 9.88 Å². The standard InChI is InChI=1S/C20H27N5O/c21-9-5-20(26)23-18-3-1-2-4-19(18)25-15-13-24(14-16-25)12-8-17-6-10-22-11-7-17/h1-4,6-7,10-11H,5,8-9,12-16,21H2,(H,23,26). The molecule has 0 spiro atoms. The van der Waals surface area contributed by atoms with Crippen molar-refractivity contribution in [2.45, 2.75) is 12.8 Å². The fraction of sp³-hybridized carbons (Fsp3) is 0.400. The van der Waals surface area contributed by atoms with Gasteiger partial charge in [0.25, 0.3) is 0 Å². The Morgan fingerprint density at radius 3 is 2.54 bits per heavy atom. The number of nitrogens with zero attached hydrogens (tertiary/aromatic N) is 3. The van der Waals surface area contributed by atoms with Crippen molar-refractivity contribution < 1.29 is 4.79 Å². The first-order chi connectivity index (χ1) is 12.8. The Balaban J connectivity index is 1.54. The Kier molecular flexibility index (Phi) is 6.57. The van der Waals surface area contributed by atoms with Crippen LogP contribution in [0.5, 0.6) is 0 Å². The number of pyridine rings is 1. The number of carbonyl (C=O) groups is 1. The smallest absolute Gasteiger partial charge is 0.225 e. The number of para-hydroxylation sites is 2. The van der Waals surface area contributed by atoms with Gasteiger partial charge in [-0.25, -0.2) is 0 Å². The third-order valence-electron chi connectivity index (χ3n) is 4.73. The van der Waals surface area contributed by atoms with Gasteiger partial charge >= 0.3 is 0 Å². The molecular formula is C20H27N5O. The van der Waals surface area contributed by atoms with Crippen LogP contribution < -0.4 is 16.0 Å². The second-order valence-corrected chi connectivity index (χ2v) is 6.54. The second kappa shape index (κ2) is 9.31. The Labute approximate surface area is 155 Å². The normalized spacial score (nSPS) is 15.0. The van der Waals surface area contributed by atoms with E-state index >= 15 is 0 Å². The number of nitrogens with one attached hydrogen (secondary N) is 1. The van der Waals surface area contributed by atoms with Gasteiger partial charge in [-0.15, -0.1) is 0 Å². The molecule has 1 aliphatic rings. The van der Waals surface area contributed by atoms with Crippen LogP contribution in [-0.4, -0.2) is 55.1 Å². The Bertz CT molecular complexity index is 698. The first kappa shape index (κ1) is 18.4. The quantitative estimate of drug-likeness (QED) is 0.793. The lowest BCUT2D eigenvalue weighted by atomic mass is 10.1. The minimum atomic E-state index is -0.0315. The third kappa shape index (κ3) is 5.03. The molecule has 3 N–H and O–H groups in total. The minimum absolute atomic E-state index is 0.0315. The molecule has 1 amide bonds. The summed E-state index contributed by atoms with van der Waals surface area (Å²) in [6.07, 6.45) is 5.09. The number of carbonyl (C=O) groups excluding carboxylic acids is 1. The van der Waals surface area contributed by atoms with Crippen molar-refractivity contribution in [3.63, 3.8) is 0 Å². The predicted molar refractivity (Wildman–Crippen MR) is 105 cm³/mol. The van der Waals surface area contributed by atoms with Crippen molar-refractivity contribution in [2.75, 3.05) is 49.5 Å². The number of piperazine rings is 1. The number of benzene rings is 1. The van der Waals surface area contributed by atoms with Crippen LogP contribution in [0.4, 0.5) is 11.4 Å². The molecule has 0 radical (unpaired) electrons. The van der Waals surface area contributed by atoms with Gasteiger partial charge in [-0.1, -0.05) is 12.1 Å². The molecule has 0 unspecified atom stereocenters. The molecule has 6 heteroatoms. The molecule has 0 bridgehead atoms. The van der Waals surface area contributed by atoms with E-state index in [1.807, 2.05) is 30.6 Å². The fourth-order valence-electron chi connectivity index (χ4n) is 3.25. The van der Waals surface area contributed by atoms with E-state index in [9.17, 15) is 4.79 Å². The molecular weight excluding hydrogens is 326 g/mol. The molecule has 1 aliphatic heterocycles. The summed E-state index contributed by atoms with van der Waals surface area (Å²) in [7, 11) is 0. The maximum atomic E-state index is 11.9. The minimum Gasteiger partial charge on any atom is -0.367 e. The largest absolute Gasteiger partial charge is 0.367 e. The Morgan fingerprint density at radius 1 is 1.08 bits per heavy atom. The van der Waals surface area contributed by atoms with Crippen molar-refractivity contribution in [2.24, 2.45) is 5.73 Å². The summed E-state index contributed by atoms with van der Waals surface area (Å²) in [6, 6.07) is 12.2. The van der Waals surface area contributed by atoms with Gasteiger partial charge in [-0.05, 0) is 36.2 Å².